The van der Waals surface area contributed by atoms with Crippen LogP contribution in [0.5, 0.6) is 5.75 Å². The van der Waals surface area contributed by atoms with Gasteiger partial charge in [0.2, 0.25) is 0 Å². The number of ether oxygens (including phenoxy) is 2. The second-order valence-corrected chi connectivity index (χ2v) is 5.35. The van der Waals surface area contributed by atoms with Gasteiger partial charge in [-0.15, -0.1) is 0 Å². The third kappa shape index (κ3) is 4.64. The van der Waals surface area contributed by atoms with E-state index in [1.807, 2.05) is 30.3 Å². The highest BCUT2D eigenvalue weighted by molar-refractivity contribution is 5.69. The Morgan fingerprint density at radius 3 is 2.83 bits per heavy atom. The number of benzene rings is 1. The number of aryl methyl sites for hydroxylation is 1. The van der Waals surface area contributed by atoms with Gasteiger partial charge in [-0.05, 0) is 19.1 Å². The third-order valence-corrected chi connectivity index (χ3v) is 3.64. The van der Waals surface area contributed by atoms with E-state index >= 15 is 0 Å². The molecule has 0 atom stereocenters. The van der Waals surface area contributed by atoms with Crippen molar-refractivity contribution in [3.63, 3.8) is 0 Å². The SMILES string of the molecule is Cc1noc(/C=C/c2ccccc2OCCN2CCOCC2)n1. The Hall–Kier alpha value is -2.18. The Morgan fingerprint density at radius 1 is 1.22 bits per heavy atom. The van der Waals surface area contributed by atoms with Crippen molar-refractivity contribution in [1.82, 2.24) is 15.0 Å². The van der Waals surface area contributed by atoms with Gasteiger partial charge in [-0.25, -0.2) is 0 Å². The van der Waals surface area contributed by atoms with Gasteiger partial charge in [-0.3, -0.25) is 4.90 Å². The molecule has 1 aliphatic rings. The number of hydrogen-bond acceptors (Lipinski definition) is 6. The number of hydrogen-bond donors (Lipinski definition) is 0. The molecule has 0 saturated carbocycles. The Kier molecular flexibility index (Phi) is 5.39. The highest BCUT2D eigenvalue weighted by Crippen LogP contribution is 2.20. The molecule has 0 spiro atoms. The summed E-state index contributed by atoms with van der Waals surface area (Å²) >= 11 is 0. The Labute approximate surface area is 135 Å². The average molecular weight is 315 g/mol. The lowest BCUT2D eigenvalue weighted by Gasteiger charge is -2.26. The quantitative estimate of drug-likeness (QED) is 0.815. The first-order valence-electron chi connectivity index (χ1n) is 7.81. The molecular formula is C17H21N3O3. The fourth-order valence-electron chi connectivity index (χ4n) is 2.40. The number of para-hydroxylation sites is 1. The van der Waals surface area contributed by atoms with Gasteiger partial charge >= 0.3 is 0 Å². The minimum absolute atomic E-state index is 0.491. The van der Waals surface area contributed by atoms with E-state index in [1.54, 1.807) is 13.0 Å². The molecule has 1 saturated heterocycles. The molecule has 1 aromatic carbocycles. The lowest BCUT2D eigenvalue weighted by Crippen LogP contribution is -2.38. The molecule has 0 bridgehead atoms. The van der Waals surface area contributed by atoms with E-state index in [2.05, 4.69) is 15.0 Å². The van der Waals surface area contributed by atoms with E-state index in [1.165, 1.54) is 0 Å². The Morgan fingerprint density at radius 2 is 2.04 bits per heavy atom. The zero-order valence-electron chi connectivity index (χ0n) is 13.3. The summed E-state index contributed by atoms with van der Waals surface area (Å²) in [6, 6.07) is 7.92. The van der Waals surface area contributed by atoms with Gasteiger partial charge < -0.3 is 14.0 Å². The van der Waals surface area contributed by atoms with Crippen molar-refractivity contribution in [3.8, 4) is 5.75 Å². The van der Waals surface area contributed by atoms with E-state index in [-0.39, 0.29) is 0 Å². The first kappa shape index (κ1) is 15.7. The van der Waals surface area contributed by atoms with Crippen LogP contribution in [0.15, 0.2) is 28.8 Å². The van der Waals surface area contributed by atoms with Gasteiger partial charge in [-0.2, -0.15) is 4.98 Å². The van der Waals surface area contributed by atoms with Gasteiger partial charge in [0.25, 0.3) is 5.89 Å². The van der Waals surface area contributed by atoms with Crippen LogP contribution in [0.1, 0.15) is 17.3 Å². The van der Waals surface area contributed by atoms with Crippen molar-refractivity contribution in [2.45, 2.75) is 6.92 Å². The predicted octanol–water partition coefficient (Wildman–Crippen LogP) is 2.26. The third-order valence-electron chi connectivity index (χ3n) is 3.64. The van der Waals surface area contributed by atoms with Crippen LogP contribution >= 0.6 is 0 Å². The molecule has 0 unspecified atom stereocenters. The van der Waals surface area contributed by atoms with Crippen LogP contribution in [0, 0.1) is 6.92 Å². The van der Waals surface area contributed by atoms with Crippen LogP contribution in [0.25, 0.3) is 12.2 Å². The fourth-order valence-corrected chi connectivity index (χ4v) is 2.40. The minimum atomic E-state index is 0.491. The summed E-state index contributed by atoms with van der Waals surface area (Å²) in [6.07, 6.45) is 3.72. The largest absolute Gasteiger partial charge is 0.492 e. The molecule has 0 radical (unpaired) electrons. The molecule has 0 N–H and O–H groups in total. The number of morpholine rings is 1. The van der Waals surface area contributed by atoms with Crippen molar-refractivity contribution >= 4 is 12.2 Å². The summed E-state index contributed by atoms with van der Waals surface area (Å²) in [5.74, 6) is 1.97. The van der Waals surface area contributed by atoms with Crippen molar-refractivity contribution in [3.05, 3.63) is 41.5 Å². The summed E-state index contributed by atoms with van der Waals surface area (Å²) in [5, 5.41) is 3.77. The van der Waals surface area contributed by atoms with Gasteiger partial charge in [0, 0.05) is 31.3 Å². The molecule has 2 heterocycles. The lowest BCUT2D eigenvalue weighted by atomic mass is 10.2. The molecule has 0 amide bonds. The van der Waals surface area contributed by atoms with Gasteiger partial charge in [0.05, 0.1) is 13.2 Å². The molecule has 1 aliphatic heterocycles. The fraction of sp³-hybridized carbons (Fsp3) is 0.412. The number of nitrogens with zero attached hydrogens (tertiary/aromatic N) is 3. The maximum absolute atomic E-state index is 5.93. The standard InChI is InChI=1S/C17H21N3O3/c1-14-18-17(23-19-14)7-6-15-4-2-3-5-16(15)22-13-10-20-8-11-21-12-9-20/h2-7H,8-13H2,1H3/b7-6+. The molecular weight excluding hydrogens is 294 g/mol. The van der Waals surface area contributed by atoms with Gasteiger partial charge in [0.15, 0.2) is 5.82 Å². The average Bonchev–Trinajstić information content (AvgIpc) is 3.00. The van der Waals surface area contributed by atoms with Crippen molar-refractivity contribution < 1.29 is 14.0 Å². The molecule has 3 rings (SSSR count). The molecule has 1 aromatic heterocycles. The first-order chi connectivity index (χ1) is 11.3. The molecule has 1 fully saturated rings. The summed E-state index contributed by atoms with van der Waals surface area (Å²) in [6.45, 7) is 6.92. The van der Waals surface area contributed by atoms with E-state index in [0.29, 0.717) is 18.3 Å². The molecule has 0 aliphatic carbocycles. The summed E-state index contributed by atoms with van der Waals surface area (Å²) in [5.41, 5.74) is 0.991. The summed E-state index contributed by atoms with van der Waals surface area (Å²) < 4.78 is 16.4. The monoisotopic (exact) mass is 315 g/mol. The van der Waals surface area contributed by atoms with E-state index < -0.39 is 0 Å². The summed E-state index contributed by atoms with van der Waals surface area (Å²) in [7, 11) is 0. The highest BCUT2D eigenvalue weighted by Gasteiger charge is 2.10. The zero-order chi connectivity index (χ0) is 15.9. The minimum Gasteiger partial charge on any atom is -0.492 e. The van der Waals surface area contributed by atoms with Crippen molar-refractivity contribution in [2.75, 3.05) is 39.5 Å². The van der Waals surface area contributed by atoms with Crippen LogP contribution < -0.4 is 4.74 Å². The van der Waals surface area contributed by atoms with Crippen LogP contribution in [-0.4, -0.2) is 54.5 Å². The topological polar surface area (TPSA) is 60.6 Å². The van der Waals surface area contributed by atoms with Crippen molar-refractivity contribution in [2.24, 2.45) is 0 Å². The van der Waals surface area contributed by atoms with Gasteiger partial charge in [-0.1, -0.05) is 23.4 Å². The normalized spacial score (nSPS) is 16.0. The predicted molar refractivity (Wildman–Crippen MR) is 87.2 cm³/mol. The first-order valence-corrected chi connectivity index (χ1v) is 7.81. The molecule has 23 heavy (non-hydrogen) atoms. The van der Waals surface area contributed by atoms with Crippen LogP contribution in [-0.2, 0) is 4.74 Å². The Bertz CT molecular complexity index is 648. The maximum Gasteiger partial charge on any atom is 0.250 e. The molecule has 6 nitrogen and oxygen atoms in total. The van der Waals surface area contributed by atoms with E-state index in [9.17, 15) is 0 Å². The summed E-state index contributed by atoms with van der Waals surface area (Å²) in [4.78, 5) is 6.51. The van der Waals surface area contributed by atoms with Gasteiger partial charge in [0.1, 0.15) is 12.4 Å². The van der Waals surface area contributed by atoms with Crippen LogP contribution in [0.4, 0.5) is 0 Å². The second-order valence-electron chi connectivity index (χ2n) is 5.35. The maximum atomic E-state index is 5.93. The van der Waals surface area contributed by atoms with E-state index in [4.69, 9.17) is 14.0 Å². The molecule has 2 aromatic rings. The smallest absolute Gasteiger partial charge is 0.250 e. The molecule has 6 heteroatoms. The second kappa shape index (κ2) is 7.89. The molecule has 122 valence electrons. The van der Waals surface area contributed by atoms with Crippen molar-refractivity contribution in [1.29, 1.82) is 0 Å². The highest BCUT2D eigenvalue weighted by atomic mass is 16.5. The Balaban J connectivity index is 1.57. The van der Waals surface area contributed by atoms with Crippen LogP contribution in [0.2, 0.25) is 0 Å². The number of aromatic nitrogens is 2. The van der Waals surface area contributed by atoms with Crippen LogP contribution in [0.3, 0.4) is 0 Å². The van der Waals surface area contributed by atoms with E-state index in [0.717, 1.165) is 44.2 Å². The lowest BCUT2D eigenvalue weighted by molar-refractivity contribution is 0.0322. The number of rotatable bonds is 6. The zero-order valence-corrected chi connectivity index (χ0v) is 13.3.